The van der Waals surface area contributed by atoms with Gasteiger partial charge in [-0.25, -0.2) is 15.0 Å². The first-order valence-electron chi connectivity index (χ1n) is 11.6. The van der Waals surface area contributed by atoms with Gasteiger partial charge in [0.15, 0.2) is 0 Å². The molecule has 0 bridgehead atoms. The third-order valence-electron chi connectivity index (χ3n) is 6.07. The van der Waals surface area contributed by atoms with Crippen LogP contribution in [0, 0.1) is 0 Å². The van der Waals surface area contributed by atoms with Crippen molar-refractivity contribution in [3.05, 3.63) is 83.5 Å². The van der Waals surface area contributed by atoms with Crippen molar-refractivity contribution < 1.29 is 4.79 Å². The third-order valence-corrected chi connectivity index (χ3v) is 8.17. The zero-order valence-electron chi connectivity index (χ0n) is 19.0. The smallest absolute Gasteiger partial charge is 0.275 e. The van der Waals surface area contributed by atoms with Crippen molar-refractivity contribution in [3.8, 4) is 21.1 Å². The van der Waals surface area contributed by atoms with E-state index >= 15 is 0 Å². The molecule has 0 saturated carbocycles. The molecule has 3 aromatic heterocycles. The topological polar surface area (TPSA) is 71.0 Å². The normalized spacial score (nSPS) is 13.9. The summed E-state index contributed by atoms with van der Waals surface area (Å²) in [7, 11) is 0. The van der Waals surface area contributed by atoms with Crippen LogP contribution in [0.5, 0.6) is 0 Å². The number of nitrogens with one attached hydrogen (secondary N) is 1. The molecule has 1 saturated heterocycles. The molecular weight excluding hydrogens is 474 g/mol. The number of anilines is 1. The minimum Gasteiger partial charge on any atom is -0.320 e. The first kappa shape index (κ1) is 22.0. The number of benzene rings is 2. The van der Waals surface area contributed by atoms with Gasteiger partial charge in [0.25, 0.3) is 5.91 Å². The quantitative estimate of drug-likeness (QED) is 0.297. The standard InChI is InChI=1S/C27H23N5OS2/c33-24(29-20-12-5-4-11-19(20)26-30-21-13-8-14-28-27(21)35-26)23-22(17-32-15-6-7-16-32)34-25(31-23)18-9-2-1-3-10-18/h1-5,8-14H,6-7,15-17H2,(H,29,33). The fourth-order valence-corrected chi connectivity index (χ4v) is 6.38. The van der Waals surface area contributed by atoms with Crippen LogP contribution in [0.25, 0.3) is 31.5 Å². The Morgan fingerprint density at radius 3 is 2.51 bits per heavy atom. The fraction of sp³-hybridized carbons (Fsp3) is 0.185. The number of pyridine rings is 1. The Labute approximate surface area is 211 Å². The lowest BCUT2D eigenvalue weighted by atomic mass is 10.1. The van der Waals surface area contributed by atoms with Crippen molar-refractivity contribution in [1.82, 2.24) is 19.9 Å². The van der Waals surface area contributed by atoms with Gasteiger partial charge in [0.05, 0.1) is 10.6 Å². The molecule has 2 aromatic carbocycles. The summed E-state index contributed by atoms with van der Waals surface area (Å²) >= 11 is 3.13. The van der Waals surface area contributed by atoms with E-state index in [0.717, 1.165) is 61.7 Å². The number of amides is 1. The number of para-hydroxylation sites is 1. The maximum absolute atomic E-state index is 13.6. The summed E-state index contributed by atoms with van der Waals surface area (Å²) in [5.41, 5.74) is 3.98. The molecule has 8 heteroatoms. The van der Waals surface area contributed by atoms with Gasteiger partial charge >= 0.3 is 0 Å². The van der Waals surface area contributed by atoms with Crippen LogP contribution in [-0.4, -0.2) is 38.8 Å². The Balaban J connectivity index is 1.34. The number of fused-ring (bicyclic) bond motifs is 1. The molecule has 5 aromatic rings. The molecule has 0 spiro atoms. The van der Waals surface area contributed by atoms with Crippen LogP contribution in [-0.2, 0) is 6.54 Å². The lowest BCUT2D eigenvalue weighted by molar-refractivity contribution is 0.102. The van der Waals surface area contributed by atoms with Crippen molar-refractivity contribution in [1.29, 1.82) is 0 Å². The number of hydrogen-bond acceptors (Lipinski definition) is 7. The lowest BCUT2D eigenvalue weighted by Gasteiger charge is -2.14. The number of nitrogens with zero attached hydrogens (tertiary/aromatic N) is 4. The van der Waals surface area contributed by atoms with E-state index in [9.17, 15) is 4.79 Å². The monoisotopic (exact) mass is 497 g/mol. The predicted octanol–water partition coefficient (Wildman–Crippen LogP) is 6.33. The Morgan fingerprint density at radius 2 is 1.69 bits per heavy atom. The van der Waals surface area contributed by atoms with Gasteiger partial charge in [0.1, 0.15) is 26.1 Å². The van der Waals surface area contributed by atoms with Crippen molar-refractivity contribution in [2.24, 2.45) is 0 Å². The second-order valence-corrected chi connectivity index (χ2v) is 10.5. The highest BCUT2D eigenvalue weighted by Gasteiger charge is 2.23. The second-order valence-electron chi connectivity index (χ2n) is 8.49. The van der Waals surface area contributed by atoms with Gasteiger partial charge in [-0.15, -0.1) is 11.3 Å². The molecule has 1 aliphatic rings. The van der Waals surface area contributed by atoms with E-state index < -0.39 is 0 Å². The number of carbonyl (C=O) groups excluding carboxylic acids is 1. The maximum atomic E-state index is 13.6. The summed E-state index contributed by atoms with van der Waals surface area (Å²) in [6, 6.07) is 21.7. The van der Waals surface area contributed by atoms with Gasteiger partial charge in [-0.3, -0.25) is 9.69 Å². The average molecular weight is 498 g/mol. The number of rotatable bonds is 6. The molecule has 0 unspecified atom stereocenters. The van der Waals surface area contributed by atoms with Crippen LogP contribution in [0.1, 0.15) is 28.2 Å². The molecular formula is C27H23N5OS2. The summed E-state index contributed by atoms with van der Waals surface area (Å²) in [6.07, 6.45) is 4.18. The van der Waals surface area contributed by atoms with E-state index in [1.165, 1.54) is 24.2 Å². The minimum atomic E-state index is -0.190. The van der Waals surface area contributed by atoms with Crippen molar-refractivity contribution in [3.63, 3.8) is 0 Å². The van der Waals surface area contributed by atoms with E-state index in [1.54, 1.807) is 17.5 Å². The Kier molecular flexibility index (Phi) is 6.08. The number of thiazole rings is 2. The largest absolute Gasteiger partial charge is 0.320 e. The number of aromatic nitrogens is 3. The molecule has 6 rings (SSSR count). The van der Waals surface area contributed by atoms with Crippen LogP contribution >= 0.6 is 22.7 Å². The molecule has 1 aliphatic heterocycles. The molecule has 1 N–H and O–H groups in total. The SMILES string of the molecule is O=C(Nc1ccccc1-c1nc2cccnc2s1)c1nc(-c2ccccc2)sc1CN1CCCC1. The molecule has 0 radical (unpaired) electrons. The number of hydrogen-bond donors (Lipinski definition) is 1. The molecule has 35 heavy (non-hydrogen) atoms. The van der Waals surface area contributed by atoms with Gasteiger partial charge < -0.3 is 5.32 Å². The highest BCUT2D eigenvalue weighted by Crippen LogP contribution is 2.35. The fourth-order valence-electron chi connectivity index (χ4n) is 4.33. The van der Waals surface area contributed by atoms with Crippen molar-refractivity contribution in [2.75, 3.05) is 18.4 Å². The van der Waals surface area contributed by atoms with Crippen LogP contribution in [0.4, 0.5) is 5.69 Å². The van der Waals surface area contributed by atoms with E-state index in [4.69, 9.17) is 9.97 Å². The molecule has 1 amide bonds. The molecule has 4 heterocycles. The van der Waals surface area contributed by atoms with Gasteiger partial charge in [-0.1, -0.05) is 53.8 Å². The van der Waals surface area contributed by atoms with Crippen LogP contribution in [0.3, 0.4) is 0 Å². The molecule has 6 nitrogen and oxygen atoms in total. The molecule has 174 valence electrons. The van der Waals surface area contributed by atoms with Gasteiger partial charge in [0.2, 0.25) is 0 Å². The average Bonchev–Trinajstić information content (AvgIpc) is 3.65. The van der Waals surface area contributed by atoms with E-state index in [2.05, 4.69) is 15.2 Å². The van der Waals surface area contributed by atoms with Gasteiger partial charge in [-0.2, -0.15) is 0 Å². The number of carbonyl (C=O) groups is 1. The van der Waals surface area contributed by atoms with Crippen LogP contribution in [0.15, 0.2) is 72.9 Å². The Hall–Kier alpha value is -3.46. The van der Waals surface area contributed by atoms with Crippen molar-refractivity contribution in [2.45, 2.75) is 19.4 Å². The summed E-state index contributed by atoms with van der Waals surface area (Å²) < 4.78 is 0. The lowest BCUT2D eigenvalue weighted by Crippen LogP contribution is -2.21. The summed E-state index contributed by atoms with van der Waals surface area (Å²) in [5.74, 6) is -0.190. The zero-order chi connectivity index (χ0) is 23.6. The van der Waals surface area contributed by atoms with E-state index in [-0.39, 0.29) is 5.91 Å². The van der Waals surface area contributed by atoms with E-state index in [1.807, 2.05) is 66.7 Å². The van der Waals surface area contributed by atoms with E-state index in [0.29, 0.717) is 5.69 Å². The molecule has 1 fully saturated rings. The van der Waals surface area contributed by atoms with Crippen molar-refractivity contribution >= 4 is 44.6 Å². The summed E-state index contributed by atoms with van der Waals surface area (Å²) in [5, 5.41) is 4.83. The van der Waals surface area contributed by atoms with Gasteiger partial charge in [0, 0.05) is 23.9 Å². The highest BCUT2D eigenvalue weighted by atomic mass is 32.1. The molecule has 0 atom stereocenters. The maximum Gasteiger partial charge on any atom is 0.275 e. The Morgan fingerprint density at radius 1 is 0.886 bits per heavy atom. The Bertz CT molecular complexity index is 1460. The summed E-state index contributed by atoms with van der Waals surface area (Å²) in [4.78, 5) is 31.8. The highest BCUT2D eigenvalue weighted by molar-refractivity contribution is 7.21. The third kappa shape index (κ3) is 4.60. The van der Waals surface area contributed by atoms with Crippen LogP contribution < -0.4 is 5.32 Å². The second kappa shape index (κ2) is 9.65. The zero-order valence-corrected chi connectivity index (χ0v) is 20.6. The minimum absolute atomic E-state index is 0.190. The van der Waals surface area contributed by atoms with Gasteiger partial charge in [-0.05, 0) is 50.2 Å². The van der Waals surface area contributed by atoms with Crippen LogP contribution in [0.2, 0.25) is 0 Å². The first-order chi connectivity index (χ1) is 17.2. The molecule has 0 aliphatic carbocycles. The summed E-state index contributed by atoms with van der Waals surface area (Å²) in [6.45, 7) is 2.88. The predicted molar refractivity (Wildman–Crippen MR) is 143 cm³/mol. The number of likely N-dealkylation sites (tertiary alicyclic amines) is 1. The first-order valence-corrected chi connectivity index (χ1v) is 13.3.